The number of aromatic nitrogens is 2. The lowest BCUT2D eigenvalue weighted by atomic mass is 10.1. The highest BCUT2D eigenvalue weighted by atomic mass is 16.5. The molecule has 1 aromatic heterocycles. The number of methoxy groups -OCH3 is 1. The van der Waals surface area contributed by atoms with E-state index >= 15 is 0 Å². The molecule has 2 aromatic rings. The van der Waals surface area contributed by atoms with Crippen molar-refractivity contribution >= 4 is 0 Å². The van der Waals surface area contributed by atoms with E-state index in [1.165, 1.54) is 7.11 Å². The maximum Gasteiger partial charge on any atom is 0.328 e. The molecule has 0 fully saturated rings. The van der Waals surface area contributed by atoms with Crippen molar-refractivity contribution in [2.24, 2.45) is 0 Å². The van der Waals surface area contributed by atoms with Crippen LogP contribution < -0.4 is 10.4 Å². The number of hydrogen-bond donors (Lipinski definition) is 0. The van der Waals surface area contributed by atoms with Crippen LogP contribution in [0.1, 0.15) is 31.0 Å². The van der Waals surface area contributed by atoms with Crippen LogP contribution >= 0.6 is 0 Å². The van der Waals surface area contributed by atoms with Crippen LogP contribution in [0.2, 0.25) is 0 Å². The van der Waals surface area contributed by atoms with Crippen molar-refractivity contribution in [3.8, 4) is 11.8 Å². The zero-order valence-electron chi connectivity index (χ0n) is 11.8. The average molecular weight is 271 g/mol. The van der Waals surface area contributed by atoms with Gasteiger partial charge in [-0.05, 0) is 31.5 Å². The average Bonchev–Trinajstić information content (AvgIpc) is 2.80. The molecule has 5 nitrogen and oxygen atoms in total. The number of rotatable bonds is 4. The van der Waals surface area contributed by atoms with Gasteiger partial charge >= 0.3 is 5.69 Å². The van der Waals surface area contributed by atoms with Gasteiger partial charge in [0, 0.05) is 18.4 Å². The van der Waals surface area contributed by atoms with E-state index in [2.05, 4.69) is 6.07 Å². The summed E-state index contributed by atoms with van der Waals surface area (Å²) in [5.41, 5.74) is 1.32. The van der Waals surface area contributed by atoms with E-state index in [1.807, 2.05) is 19.9 Å². The minimum Gasteiger partial charge on any atom is -0.495 e. The van der Waals surface area contributed by atoms with Crippen molar-refractivity contribution < 1.29 is 4.74 Å². The summed E-state index contributed by atoms with van der Waals surface area (Å²) in [5, 5.41) is 9.07. The number of hydrogen-bond acceptors (Lipinski definition) is 3. The molecule has 0 aliphatic heterocycles. The van der Waals surface area contributed by atoms with Gasteiger partial charge in [0.25, 0.3) is 0 Å². The molecular weight excluding hydrogens is 254 g/mol. The van der Waals surface area contributed by atoms with Gasteiger partial charge in [-0.1, -0.05) is 6.07 Å². The first-order valence-electron chi connectivity index (χ1n) is 6.41. The molecule has 0 aliphatic carbocycles. The summed E-state index contributed by atoms with van der Waals surface area (Å²) in [7, 11) is 1.53. The molecule has 1 aromatic carbocycles. The molecule has 1 heterocycles. The van der Waals surface area contributed by atoms with Gasteiger partial charge in [0.1, 0.15) is 11.8 Å². The van der Waals surface area contributed by atoms with E-state index < -0.39 is 0 Å². The highest BCUT2D eigenvalue weighted by molar-refractivity contribution is 5.45. The minimum absolute atomic E-state index is 0.0469. The van der Waals surface area contributed by atoms with Crippen LogP contribution in [0.15, 0.2) is 35.4 Å². The van der Waals surface area contributed by atoms with Gasteiger partial charge in [0.2, 0.25) is 0 Å². The fourth-order valence-electron chi connectivity index (χ4n) is 2.08. The summed E-state index contributed by atoms with van der Waals surface area (Å²) in [6.07, 6.45) is 3.54. The molecule has 0 unspecified atom stereocenters. The number of benzene rings is 1. The largest absolute Gasteiger partial charge is 0.495 e. The molecule has 0 spiro atoms. The normalized spacial score (nSPS) is 10.6. The van der Waals surface area contributed by atoms with Gasteiger partial charge in [-0.2, -0.15) is 5.26 Å². The number of ether oxygens (including phenoxy) is 1. The van der Waals surface area contributed by atoms with Crippen molar-refractivity contribution in [2.75, 3.05) is 7.11 Å². The van der Waals surface area contributed by atoms with Crippen molar-refractivity contribution in [3.63, 3.8) is 0 Å². The Kier molecular flexibility index (Phi) is 3.94. The highest BCUT2D eigenvalue weighted by Gasteiger charge is 2.08. The molecule has 2 rings (SSSR count). The van der Waals surface area contributed by atoms with Gasteiger partial charge in [-0.15, -0.1) is 0 Å². The lowest BCUT2D eigenvalue weighted by Gasteiger charge is -2.07. The topological polar surface area (TPSA) is 59.9 Å². The van der Waals surface area contributed by atoms with E-state index in [0.717, 1.165) is 5.56 Å². The zero-order chi connectivity index (χ0) is 14.7. The summed E-state index contributed by atoms with van der Waals surface area (Å²) in [6, 6.07) is 7.58. The monoisotopic (exact) mass is 271 g/mol. The van der Waals surface area contributed by atoms with Crippen LogP contribution in [-0.4, -0.2) is 16.2 Å². The first-order valence-corrected chi connectivity index (χ1v) is 6.41. The summed E-state index contributed by atoms with van der Waals surface area (Å²) in [6.45, 7) is 4.37. The standard InChI is InChI=1S/C15H17N3O2/c1-11(2)18-7-6-17(15(18)19)10-12-4-5-14(20-3)13(8-12)9-16/h4-8,11H,10H2,1-3H3. The predicted molar refractivity (Wildman–Crippen MR) is 75.9 cm³/mol. The van der Waals surface area contributed by atoms with Crippen LogP contribution in [0, 0.1) is 11.3 Å². The Morgan fingerprint density at radius 1 is 1.35 bits per heavy atom. The molecule has 0 saturated carbocycles. The van der Waals surface area contributed by atoms with Crippen molar-refractivity contribution in [2.45, 2.75) is 26.4 Å². The van der Waals surface area contributed by atoms with Gasteiger partial charge in [0.05, 0.1) is 19.2 Å². The number of nitriles is 1. The van der Waals surface area contributed by atoms with Crippen LogP contribution in [0.5, 0.6) is 5.75 Å². The zero-order valence-corrected chi connectivity index (χ0v) is 11.8. The maximum atomic E-state index is 12.1. The van der Waals surface area contributed by atoms with Gasteiger partial charge in [0.15, 0.2) is 0 Å². The van der Waals surface area contributed by atoms with Crippen LogP contribution in [-0.2, 0) is 6.54 Å². The second kappa shape index (κ2) is 5.66. The Morgan fingerprint density at radius 2 is 2.10 bits per heavy atom. The predicted octanol–water partition coefficient (Wildman–Crippen LogP) is 2.16. The fourth-order valence-corrected chi connectivity index (χ4v) is 2.08. The summed E-state index contributed by atoms with van der Waals surface area (Å²) < 4.78 is 8.41. The number of nitrogens with zero attached hydrogens (tertiary/aromatic N) is 3. The van der Waals surface area contributed by atoms with E-state index in [4.69, 9.17) is 10.00 Å². The number of imidazole rings is 1. The molecule has 0 saturated heterocycles. The smallest absolute Gasteiger partial charge is 0.328 e. The SMILES string of the molecule is COc1ccc(Cn2ccn(C(C)C)c2=O)cc1C#N. The van der Waals surface area contributed by atoms with Crippen LogP contribution in [0.25, 0.3) is 0 Å². The van der Waals surface area contributed by atoms with Gasteiger partial charge < -0.3 is 4.74 Å². The summed E-state index contributed by atoms with van der Waals surface area (Å²) in [4.78, 5) is 12.1. The van der Waals surface area contributed by atoms with E-state index in [1.54, 1.807) is 33.7 Å². The minimum atomic E-state index is -0.0469. The molecule has 20 heavy (non-hydrogen) atoms. The first kappa shape index (κ1) is 13.9. The second-order valence-corrected chi connectivity index (χ2v) is 4.86. The summed E-state index contributed by atoms with van der Waals surface area (Å²) in [5.74, 6) is 0.545. The highest BCUT2D eigenvalue weighted by Crippen LogP contribution is 2.19. The lowest BCUT2D eigenvalue weighted by Crippen LogP contribution is -2.25. The maximum absolute atomic E-state index is 12.1. The molecule has 0 N–H and O–H groups in total. The molecule has 0 atom stereocenters. The van der Waals surface area contributed by atoms with Gasteiger partial charge in [-0.3, -0.25) is 9.13 Å². The van der Waals surface area contributed by atoms with Crippen molar-refractivity contribution in [3.05, 3.63) is 52.2 Å². The quantitative estimate of drug-likeness (QED) is 0.856. The van der Waals surface area contributed by atoms with Crippen LogP contribution in [0.3, 0.4) is 0 Å². The van der Waals surface area contributed by atoms with Crippen LogP contribution in [0.4, 0.5) is 0 Å². The molecule has 0 bridgehead atoms. The Balaban J connectivity index is 2.32. The Hall–Kier alpha value is -2.48. The first-order chi connectivity index (χ1) is 9.56. The Bertz CT molecular complexity index is 705. The fraction of sp³-hybridized carbons (Fsp3) is 0.333. The lowest BCUT2D eigenvalue weighted by molar-refractivity contribution is 0.413. The molecule has 0 radical (unpaired) electrons. The molecular formula is C15H17N3O2. The molecule has 5 heteroatoms. The third-order valence-electron chi connectivity index (χ3n) is 3.17. The third kappa shape index (κ3) is 2.59. The second-order valence-electron chi connectivity index (χ2n) is 4.86. The Labute approximate surface area is 117 Å². The molecule has 0 aliphatic rings. The Morgan fingerprint density at radius 3 is 2.65 bits per heavy atom. The molecule has 0 amide bonds. The third-order valence-corrected chi connectivity index (χ3v) is 3.17. The van der Waals surface area contributed by atoms with E-state index in [-0.39, 0.29) is 11.7 Å². The van der Waals surface area contributed by atoms with Crippen molar-refractivity contribution in [1.29, 1.82) is 5.26 Å². The van der Waals surface area contributed by atoms with E-state index in [0.29, 0.717) is 17.9 Å². The molecule has 104 valence electrons. The van der Waals surface area contributed by atoms with Gasteiger partial charge in [-0.25, -0.2) is 4.79 Å². The van der Waals surface area contributed by atoms with Crippen molar-refractivity contribution in [1.82, 2.24) is 9.13 Å². The van der Waals surface area contributed by atoms with E-state index in [9.17, 15) is 4.79 Å². The summed E-state index contributed by atoms with van der Waals surface area (Å²) >= 11 is 0.